The molecule has 0 unspecified atom stereocenters. The van der Waals surface area contributed by atoms with Gasteiger partial charge in [0.15, 0.2) is 0 Å². The van der Waals surface area contributed by atoms with Gasteiger partial charge < -0.3 is 9.47 Å². The highest BCUT2D eigenvalue weighted by atomic mass is 32.1. The molecule has 1 amide bonds. The molecule has 0 atom stereocenters. The third kappa shape index (κ3) is 5.42. The lowest BCUT2D eigenvalue weighted by Gasteiger charge is -2.20. The van der Waals surface area contributed by atoms with Gasteiger partial charge in [-0.2, -0.15) is 12.6 Å². The quantitative estimate of drug-likeness (QED) is 0.831. The molecule has 0 bridgehead atoms. The number of amides is 1. The van der Waals surface area contributed by atoms with Gasteiger partial charge in [0.2, 0.25) is 0 Å². The molecular formula is C14H21NO3S. The molecular weight excluding hydrogens is 262 g/mol. The number of hydrogen-bond donors (Lipinski definition) is 2. The number of carbonyl (C=O) groups excluding carboxylic acids is 1. The Kier molecular flexibility index (Phi) is 5.54. The van der Waals surface area contributed by atoms with Crippen LogP contribution in [0.5, 0.6) is 5.75 Å². The average Bonchev–Trinajstić information content (AvgIpc) is 2.28. The molecule has 0 fully saturated rings. The zero-order valence-electron chi connectivity index (χ0n) is 11.8. The zero-order valence-corrected chi connectivity index (χ0v) is 12.7. The third-order valence-electron chi connectivity index (χ3n) is 2.31. The molecule has 0 heterocycles. The summed E-state index contributed by atoms with van der Waals surface area (Å²) in [4.78, 5) is 11.7. The number of hydrogen-bond acceptors (Lipinski definition) is 4. The molecule has 1 N–H and O–H groups in total. The highest BCUT2D eigenvalue weighted by Gasteiger charge is 2.16. The summed E-state index contributed by atoms with van der Waals surface area (Å²) in [6.45, 7) is 5.47. The maximum absolute atomic E-state index is 11.7. The largest absolute Gasteiger partial charge is 0.496 e. The monoisotopic (exact) mass is 283 g/mol. The maximum atomic E-state index is 11.7. The Bertz CT molecular complexity index is 441. The Morgan fingerprint density at radius 3 is 2.58 bits per heavy atom. The average molecular weight is 283 g/mol. The number of aryl methyl sites for hydroxylation is 1. The van der Waals surface area contributed by atoms with Crippen LogP contribution in [0.25, 0.3) is 0 Å². The van der Waals surface area contributed by atoms with E-state index in [1.807, 2.05) is 32.9 Å². The molecule has 19 heavy (non-hydrogen) atoms. The molecule has 4 nitrogen and oxygen atoms in total. The van der Waals surface area contributed by atoms with Gasteiger partial charge in [-0.1, -0.05) is 6.07 Å². The van der Waals surface area contributed by atoms with Crippen LogP contribution in [-0.4, -0.2) is 24.6 Å². The van der Waals surface area contributed by atoms with Crippen molar-refractivity contribution in [3.05, 3.63) is 23.8 Å². The summed E-state index contributed by atoms with van der Waals surface area (Å²) < 4.78 is 10.5. The van der Waals surface area contributed by atoms with Crippen LogP contribution in [0.15, 0.2) is 18.2 Å². The molecule has 0 aliphatic carbocycles. The molecule has 0 saturated carbocycles. The molecule has 5 heteroatoms. The van der Waals surface area contributed by atoms with Gasteiger partial charge in [-0.15, -0.1) is 0 Å². The standard InChI is InChI=1S/C14H21NO3S/c1-14(2,3)18-13(16)15-11-6-5-10(7-8-19)12(9-11)17-4/h5-6,9,19H,7-8H2,1-4H3,(H,15,16). The van der Waals surface area contributed by atoms with E-state index >= 15 is 0 Å². The van der Waals surface area contributed by atoms with E-state index in [2.05, 4.69) is 17.9 Å². The van der Waals surface area contributed by atoms with Crippen molar-refractivity contribution in [2.45, 2.75) is 32.8 Å². The summed E-state index contributed by atoms with van der Waals surface area (Å²) >= 11 is 4.20. The van der Waals surface area contributed by atoms with Crippen LogP contribution in [0.4, 0.5) is 10.5 Å². The lowest BCUT2D eigenvalue weighted by molar-refractivity contribution is 0.0636. The molecule has 0 aliphatic heterocycles. The summed E-state index contributed by atoms with van der Waals surface area (Å²) in [6, 6.07) is 5.52. The number of anilines is 1. The fourth-order valence-electron chi connectivity index (χ4n) is 1.57. The lowest BCUT2D eigenvalue weighted by atomic mass is 10.1. The van der Waals surface area contributed by atoms with Crippen molar-refractivity contribution in [2.75, 3.05) is 18.2 Å². The molecule has 106 valence electrons. The van der Waals surface area contributed by atoms with Crippen molar-refractivity contribution >= 4 is 24.4 Å². The predicted molar refractivity (Wildman–Crippen MR) is 80.4 cm³/mol. The van der Waals surface area contributed by atoms with Crippen molar-refractivity contribution in [3.8, 4) is 5.75 Å². The van der Waals surface area contributed by atoms with E-state index in [1.54, 1.807) is 13.2 Å². The Balaban J connectivity index is 2.77. The first kappa shape index (κ1) is 15.7. The number of thiol groups is 1. The van der Waals surface area contributed by atoms with E-state index in [-0.39, 0.29) is 0 Å². The maximum Gasteiger partial charge on any atom is 0.412 e. The number of methoxy groups -OCH3 is 1. The molecule has 1 aromatic carbocycles. The van der Waals surface area contributed by atoms with Gasteiger partial charge in [0, 0.05) is 11.8 Å². The van der Waals surface area contributed by atoms with Gasteiger partial charge in [0.25, 0.3) is 0 Å². The van der Waals surface area contributed by atoms with Crippen LogP contribution < -0.4 is 10.1 Å². The van der Waals surface area contributed by atoms with Crippen LogP contribution in [0.2, 0.25) is 0 Å². The zero-order chi connectivity index (χ0) is 14.5. The van der Waals surface area contributed by atoms with Gasteiger partial charge in [-0.05, 0) is 44.6 Å². The summed E-state index contributed by atoms with van der Waals surface area (Å²) in [7, 11) is 1.61. The minimum absolute atomic E-state index is 0.475. The Morgan fingerprint density at radius 2 is 2.05 bits per heavy atom. The minimum atomic E-state index is -0.514. The summed E-state index contributed by atoms with van der Waals surface area (Å²) in [5.41, 5.74) is 1.20. The number of ether oxygens (including phenoxy) is 2. The Labute approximate surface area is 119 Å². The van der Waals surface area contributed by atoms with Crippen LogP contribution in [0.1, 0.15) is 26.3 Å². The van der Waals surface area contributed by atoms with Crippen LogP contribution in [0.3, 0.4) is 0 Å². The summed E-state index contributed by atoms with van der Waals surface area (Å²) in [5.74, 6) is 1.48. The van der Waals surface area contributed by atoms with Crippen molar-refractivity contribution < 1.29 is 14.3 Å². The van der Waals surface area contributed by atoms with Gasteiger partial charge in [0.1, 0.15) is 11.4 Å². The molecule has 0 spiro atoms. The molecule has 0 aromatic heterocycles. The van der Waals surface area contributed by atoms with E-state index in [4.69, 9.17) is 9.47 Å². The molecule has 0 radical (unpaired) electrons. The smallest absolute Gasteiger partial charge is 0.412 e. The second-order valence-corrected chi connectivity index (χ2v) is 5.57. The van der Waals surface area contributed by atoms with Gasteiger partial charge in [-0.25, -0.2) is 4.79 Å². The summed E-state index contributed by atoms with van der Waals surface area (Å²) in [6.07, 6.45) is 0.343. The molecule has 1 aromatic rings. The molecule has 1 rings (SSSR count). The first-order chi connectivity index (χ1) is 8.85. The van der Waals surface area contributed by atoms with E-state index in [0.717, 1.165) is 23.5 Å². The fraction of sp³-hybridized carbons (Fsp3) is 0.500. The summed E-state index contributed by atoms with van der Waals surface area (Å²) in [5, 5.41) is 2.68. The first-order valence-corrected chi connectivity index (χ1v) is 6.77. The number of benzene rings is 1. The van der Waals surface area contributed by atoms with Crippen LogP contribution in [-0.2, 0) is 11.2 Å². The van der Waals surface area contributed by atoms with Crippen molar-refractivity contribution in [3.63, 3.8) is 0 Å². The number of nitrogens with one attached hydrogen (secondary N) is 1. The highest BCUT2D eigenvalue weighted by Crippen LogP contribution is 2.24. The molecule has 0 saturated heterocycles. The molecule has 0 aliphatic rings. The lowest BCUT2D eigenvalue weighted by Crippen LogP contribution is -2.27. The van der Waals surface area contributed by atoms with E-state index < -0.39 is 11.7 Å². The van der Waals surface area contributed by atoms with Crippen molar-refractivity contribution in [1.82, 2.24) is 0 Å². The topological polar surface area (TPSA) is 47.6 Å². The van der Waals surface area contributed by atoms with Gasteiger partial charge in [-0.3, -0.25) is 5.32 Å². The number of carbonyl (C=O) groups is 1. The highest BCUT2D eigenvalue weighted by molar-refractivity contribution is 7.80. The second-order valence-electron chi connectivity index (χ2n) is 5.13. The SMILES string of the molecule is COc1cc(NC(=O)OC(C)(C)C)ccc1CCS. The van der Waals surface area contributed by atoms with E-state index in [1.165, 1.54) is 0 Å². The Hall–Kier alpha value is -1.36. The van der Waals surface area contributed by atoms with E-state index in [0.29, 0.717) is 5.69 Å². The minimum Gasteiger partial charge on any atom is -0.496 e. The fourth-order valence-corrected chi connectivity index (χ4v) is 1.81. The Morgan fingerprint density at radius 1 is 1.37 bits per heavy atom. The third-order valence-corrected chi connectivity index (χ3v) is 2.54. The van der Waals surface area contributed by atoms with Gasteiger partial charge in [0.05, 0.1) is 7.11 Å². The number of rotatable bonds is 4. The van der Waals surface area contributed by atoms with Crippen LogP contribution >= 0.6 is 12.6 Å². The van der Waals surface area contributed by atoms with Crippen LogP contribution in [0, 0.1) is 0 Å². The normalized spacial score (nSPS) is 11.0. The van der Waals surface area contributed by atoms with Crippen molar-refractivity contribution in [1.29, 1.82) is 0 Å². The van der Waals surface area contributed by atoms with Gasteiger partial charge >= 0.3 is 6.09 Å². The predicted octanol–water partition coefficient (Wildman–Crippen LogP) is 3.51. The van der Waals surface area contributed by atoms with Crippen molar-refractivity contribution in [2.24, 2.45) is 0 Å². The second kappa shape index (κ2) is 6.70. The van der Waals surface area contributed by atoms with E-state index in [9.17, 15) is 4.79 Å². The first-order valence-electron chi connectivity index (χ1n) is 6.13.